The molecule has 0 aliphatic carbocycles. The molecule has 134 valence electrons. The summed E-state index contributed by atoms with van der Waals surface area (Å²) >= 11 is 0. The van der Waals surface area contributed by atoms with Crippen molar-refractivity contribution in [1.29, 1.82) is 0 Å². The Morgan fingerprint density at radius 3 is 2.92 bits per heavy atom. The van der Waals surface area contributed by atoms with Gasteiger partial charge in [0.2, 0.25) is 11.9 Å². The van der Waals surface area contributed by atoms with E-state index in [2.05, 4.69) is 20.7 Å². The zero-order valence-corrected chi connectivity index (χ0v) is 14.6. The van der Waals surface area contributed by atoms with Gasteiger partial charge in [-0.2, -0.15) is 10.1 Å². The zero-order chi connectivity index (χ0) is 17.8. The van der Waals surface area contributed by atoms with E-state index in [1.54, 1.807) is 17.8 Å². The third kappa shape index (κ3) is 4.42. The fourth-order valence-electron chi connectivity index (χ4n) is 3.15. The smallest absolute Gasteiger partial charge is 0.227 e. The molecule has 0 bridgehead atoms. The van der Waals surface area contributed by atoms with Crippen molar-refractivity contribution in [2.45, 2.75) is 38.0 Å². The van der Waals surface area contributed by atoms with Crippen molar-refractivity contribution >= 4 is 11.9 Å². The molecule has 2 heterocycles. The van der Waals surface area contributed by atoms with Gasteiger partial charge >= 0.3 is 0 Å². The molecule has 1 aromatic heterocycles. The summed E-state index contributed by atoms with van der Waals surface area (Å²) in [5.41, 5.74) is 0.809. The third-order valence-electron chi connectivity index (χ3n) is 4.64. The van der Waals surface area contributed by atoms with Crippen LogP contribution in [0, 0.1) is 5.82 Å². The maximum atomic E-state index is 13.3. The van der Waals surface area contributed by atoms with Crippen LogP contribution in [0.15, 0.2) is 24.3 Å². The molecular weight excluding hydrogens is 321 g/mol. The Morgan fingerprint density at radius 2 is 2.20 bits per heavy atom. The Morgan fingerprint density at radius 1 is 1.44 bits per heavy atom. The largest absolute Gasteiger partial charge is 0.317 e. The number of anilines is 1. The van der Waals surface area contributed by atoms with Crippen LogP contribution >= 0.6 is 0 Å². The quantitative estimate of drug-likeness (QED) is 0.874. The lowest BCUT2D eigenvalue weighted by Crippen LogP contribution is -2.27. The molecule has 1 aromatic carbocycles. The van der Waals surface area contributed by atoms with E-state index in [1.807, 2.05) is 13.0 Å². The van der Waals surface area contributed by atoms with Crippen LogP contribution in [0.4, 0.5) is 10.3 Å². The van der Waals surface area contributed by atoms with Crippen molar-refractivity contribution in [3.05, 3.63) is 41.5 Å². The zero-order valence-electron chi connectivity index (χ0n) is 14.6. The summed E-state index contributed by atoms with van der Waals surface area (Å²) in [6, 6.07) is 6.36. The van der Waals surface area contributed by atoms with E-state index >= 15 is 0 Å². The SMILES string of the molecule is CC(CC(=O)Nc1nc(C2CCNCC2)nn1C)c1cccc(F)c1. The third-order valence-corrected chi connectivity index (χ3v) is 4.64. The van der Waals surface area contributed by atoms with Crippen molar-refractivity contribution in [3.8, 4) is 0 Å². The molecule has 1 fully saturated rings. The first kappa shape index (κ1) is 17.5. The van der Waals surface area contributed by atoms with Gasteiger partial charge in [-0.1, -0.05) is 19.1 Å². The van der Waals surface area contributed by atoms with E-state index < -0.39 is 0 Å². The number of rotatable bonds is 5. The van der Waals surface area contributed by atoms with Gasteiger partial charge in [0.25, 0.3) is 0 Å². The highest BCUT2D eigenvalue weighted by Crippen LogP contribution is 2.24. The summed E-state index contributed by atoms with van der Waals surface area (Å²) < 4.78 is 14.9. The number of carbonyl (C=O) groups excluding carboxylic acids is 1. The normalized spacial score (nSPS) is 16.6. The van der Waals surface area contributed by atoms with Crippen LogP contribution in [0.5, 0.6) is 0 Å². The molecule has 6 nitrogen and oxygen atoms in total. The highest BCUT2D eigenvalue weighted by Gasteiger charge is 2.21. The van der Waals surface area contributed by atoms with E-state index in [0.717, 1.165) is 37.3 Å². The molecule has 1 unspecified atom stereocenters. The average Bonchev–Trinajstić information content (AvgIpc) is 2.96. The number of nitrogens with zero attached hydrogens (tertiary/aromatic N) is 3. The lowest BCUT2D eigenvalue weighted by Gasteiger charge is -2.19. The van der Waals surface area contributed by atoms with Crippen LogP contribution < -0.4 is 10.6 Å². The summed E-state index contributed by atoms with van der Waals surface area (Å²) in [5.74, 6) is 1.08. The lowest BCUT2D eigenvalue weighted by atomic mass is 9.97. The molecular formula is C18H24FN5O. The van der Waals surface area contributed by atoms with E-state index in [4.69, 9.17) is 0 Å². The van der Waals surface area contributed by atoms with Crippen LogP contribution in [-0.2, 0) is 11.8 Å². The number of hydrogen-bond acceptors (Lipinski definition) is 4. The summed E-state index contributed by atoms with van der Waals surface area (Å²) in [6.45, 7) is 3.84. The van der Waals surface area contributed by atoms with Crippen molar-refractivity contribution < 1.29 is 9.18 Å². The van der Waals surface area contributed by atoms with E-state index in [9.17, 15) is 9.18 Å². The van der Waals surface area contributed by atoms with E-state index in [-0.39, 0.29) is 24.1 Å². The summed E-state index contributed by atoms with van der Waals surface area (Å²) in [4.78, 5) is 16.8. The summed E-state index contributed by atoms with van der Waals surface area (Å²) in [7, 11) is 1.78. The minimum atomic E-state index is -0.287. The Balaban J connectivity index is 1.61. The number of aromatic nitrogens is 3. The molecule has 0 radical (unpaired) electrons. The molecule has 0 spiro atoms. The van der Waals surface area contributed by atoms with Crippen molar-refractivity contribution in [3.63, 3.8) is 0 Å². The first-order valence-electron chi connectivity index (χ1n) is 8.70. The van der Waals surface area contributed by atoms with Gasteiger partial charge in [0, 0.05) is 19.4 Å². The molecule has 2 aromatic rings. The minimum absolute atomic E-state index is 0.0761. The lowest BCUT2D eigenvalue weighted by molar-refractivity contribution is -0.116. The molecule has 7 heteroatoms. The number of benzene rings is 1. The molecule has 1 saturated heterocycles. The molecule has 1 atom stereocenters. The van der Waals surface area contributed by atoms with Gasteiger partial charge in [0.1, 0.15) is 5.82 Å². The average molecular weight is 345 g/mol. The van der Waals surface area contributed by atoms with Crippen LogP contribution in [0.2, 0.25) is 0 Å². The van der Waals surface area contributed by atoms with E-state index in [0.29, 0.717) is 11.9 Å². The number of halogens is 1. The van der Waals surface area contributed by atoms with Crippen molar-refractivity contribution in [1.82, 2.24) is 20.1 Å². The molecule has 1 amide bonds. The Hall–Kier alpha value is -2.28. The Bertz CT molecular complexity index is 739. The fraction of sp³-hybridized carbons (Fsp3) is 0.500. The number of aryl methyl sites for hydroxylation is 1. The maximum absolute atomic E-state index is 13.3. The number of hydrogen-bond donors (Lipinski definition) is 2. The molecule has 3 rings (SSSR count). The predicted octanol–water partition coefficient (Wildman–Crippen LogP) is 2.55. The Kier molecular flexibility index (Phi) is 5.43. The van der Waals surface area contributed by atoms with Gasteiger partial charge in [-0.15, -0.1) is 0 Å². The van der Waals surface area contributed by atoms with E-state index in [1.165, 1.54) is 12.1 Å². The number of nitrogens with one attached hydrogen (secondary N) is 2. The highest BCUT2D eigenvalue weighted by molar-refractivity contribution is 5.89. The molecule has 25 heavy (non-hydrogen) atoms. The van der Waals surface area contributed by atoms with Gasteiger partial charge in [0.15, 0.2) is 5.82 Å². The number of piperidine rings is 1. The van der Waals surface area contributed by atoms with Crippen LogP contribution in [-0.4, -0.2) is 33.8 Å². The number of amides is 1. The fourth-order valence-corrected chi connectivity index (χ4v) is 3.15. The standard InChI is InChI=1S/C18H24FN5O/c1-12(14-4-3-5-15(19)11-14)10-16(25)21-18-22-17(23-24(18)2)13-6-8-20-9-7-13/h3-5,11-13,20H,6-10H2,1-2H3,(H,21,22,23,25). The van der Waals surface area contributed by atoms with Gasteiger partial charge in [0.05, 0.1) is 0 Å². The molecule has 0 saturated carbocycles. The molecule has 1 aliphatic heterocycles. The van der Waals surface area contributed by atoms with Crippen molar-refractivity contribution in [2.24, 2.45) is 7.05 Å². The monoisotopic (exact) mass is 345 g/mol. The van der Waals surface area contributed by atoms with Gasteiger partial charge in [-0.3, -0.25) is 10.1 Å². The van der Waals surface area contributed by atoms with Crippen LogP contribution in [0.3, 0.4) is 0 Å². The van der Waals surface area contributed by atoms with Crippen LogP contribution in [0.25, 0.3) is 0 Å². The topological polar surface area (TPSA) is 71.8 Å². The summed E-state index contributed by atoms with van der Waals surface area (Å²) in [6.07, 6.45) is 2.28. The summed E-state index contributed by atoms with van der Waals surface area (Å²) in [5, 5.41) is 10.6. The van der Waals surface area contributed by atoms with Crippen LogP contribution in [0.1, 0.15) is 49.4 Å². The first-order valence-corrected chi connectivity index (χ1v) is 8.70. The highest BCUT2D eigenvalue weighted by atomic mass is 19.1. The molecule has 1 aliphatic rings. The second-order valence-corrected chi connectivity index (χ2v) is 6.65. The second kappa shape index (κ2) is 7.74. The Labute approximate surface area is 146 Å². The van der Waals surface area contributed by atoms with Gasteiger partial charge in [-0.25, -0.2) is 9.07 Å². The predicted molar refractivity (Wildman–Crippen MR) is 93.9 cm³/mol. The molecule has 2 N–H and O–H groups in total. The maximum Gasteiger partial charge on any atom is 0.227 e. The second-order valence-electron chi connectivity index (χ2n) is 6.65. The van der Waals surface area contributed by atoms with Gasteiger partial charge in [-0.05, 0) is 49.5 Å². The first-order chi connectivity index (χ1) is 12.0. The minimum Gasteiger partial charge on any atom is -0.317 e. The number of carbonyl (C=O) groups is 1. The van der Waals surface area contributed by atoms with Gasteiger partial charge < -0.3 is 5.32 Å². The van der Waals surface area contributed by atoms with Crippen molar-refractivity contribution in [2.75, 3.05) is 18.4 Å².